The van der Waals surface area contributed by atoms with Crippen LogP contribution in [0.25, 0.3) is 5.57 Å². The predicted octanol–water partition coefficient (Wildman–Crippen LogP) is 4.29. The highest BCUT2D eigenvalue weighted by atomic mass is 32.1. The van der Waals surface area contributed by atoms with Gasteiger partial charge in [0.25, 0.3) is 11.8 Å². The molecule has 0 aliphatic carbocycles. The van der Waals surface area contributed by atoms with Crippen LogP contribution in [0, 0.1) is 5.82 Å². The summed E-state index contributed by atoms with van der Waals surface area (Å²) in [6.07, 6.45) is 0. The highest BCUT2D eigenvalue weighted by Gasteiger charge is 2.39. The van der Waals surface area contributed by atoms with Crippen molar-refractivity contribution in [3.63, 3.8) is 0 Å². The van der Waals surface area contributed by atoms with Crippen molar-refractivity contribution >= 4 is 34.4 Å². The number of imide groups is 1. The monoisotopic (exact) mass is 408 g/mol. The van der Waals surface area contributed by atoms with E-state index in [0.29, 0.717) is 27.5 Å². The smallest absolute Gasteiger partial charge is 0.278 e. The summed E-state index contributed by atoms with van der Waals surface area (Å²) in [5, 5.41) is 4.94. The molecular formula is C22H17FN2O3S. The van der Waals surface area contributed by atoms with Gasteiger partial charge in [-0.2, -0.15) is 0 Å². The van der Waals surface area contributed by atoms with E-state index in [0.717, 1.165) is 0 Å². The van der Waals surface area contributed by atoms with Gasteiger partial charge in [0.1, 0.15) is 17.3 Å². The number of carbonyl (C=O) groups excluding carboxylic acids is 2. The van der Waals surface area contributed by atoms with Gasteiger partial charge in [-0.15, -0.1) is 11.3 Å². The van der Waals surface area contributed by atoms with E-state index in [1.807, 2.05) is 23.6 Å². The van der Waals surface area contributed by atoms with Gasteiger partial charge in [-0.3, -0.25) is 14.5 Å². The van der Waals surface area contributed by atoms with E-state index >= 15 is 0 Å². The molecule has 7 heteroatoms. The van der Waals surface area contributed by atoms with E-state index in [-0.39, 0.29) is 24.0 Å². The van der Waals surface area contributed by atoms with Crippen LogP contribution in [0.2, 0.25) is 0 Å². The summed E-state index contributed by atoms with van der Waals surface area (Å²) >= 11 is 1.38. The molecule has 1 aliphatic rings. The minimum atomic E-state index is -0.436. The third-order valence-corrected chi connectivity index (χ3v) is 5.44. The Morgan fingerprint density at radius 1 is 1.00 bits per heavy atom. The molecule has 0 saturated heterocycles. The highest BCUT2D eigenvalue weighted by molar-refractivity contribution is 7.11. The summed E-state index contributed by atoms with van der Waals surface area (Å²) in [4.78, 5) is 28.2. The van der Waals surface area contributed by atoms with Crippen LogP contribution >= 0.6 is 11.3 Å². The molecular weight excluding hydrogens is 391 g/mol. The largest absolute Gasteiger partial charge is 0.495 e. The van der Waals surface area contributed by atoms with Gasteiger partial charge in [0.2, 0.25) is 0 Å². The van der Waals surface area contributed by atoms with E-state index in [9.17, 15) is 14.0 Å². The number of carbonyl (C=O) groups is 2. The number of nitrogens with one attached hydrogen (secondary N) is 1. The van der Waals surface area contributed by atoms with Gasteiger partial charge in [-0.05, 0) is 41.3 Å². The SMILES string of the molecule is COc1ccccc1NC1=C(c2cccs2)C(=O)N(Cc2ccc(F)cc2)C1=O. The summed E-state index contributed by atoms with van der Waals surface area (Å²) in [6.45, 7) is 0.0595. The summed E-state index contributed by atoms with van der Waals surface area (Å²) in [5.74, 6) is -0.640. The molecule has 146 valence electrons. The lowest BCUT2D eigenvalue weighted by atomic mass is 10.1. The molecule has 29 heavy (non-hydrogen) atoms. The van der Waals surface area contributed by atoms with Crippen LogP contribution < -0.4 is 10.1 Å². The lowest BCUT2D eigenvalue weighted by Crippen LogP contribution is -2.32. The quantitative estimate of drug-likeness (QED) is 0.619. The van der Waals surface area contributed by atoms with Crippen molar-refractivity contribution in [1.29, 1.82) is 0 Å². The lowest BCUT2D eigenvalue weighted by Gasteiger charge is -2.16. The number of ether oxygens (including phenoxy) is 1. The molecule has 3 aromatic rings. The van der Waals surface area contributed by atoms with Crippen molar-refractivity contribution in [3.8, 4) is 5.75 Å². The zero-order chi connectivity index (χ0) is 20.4. The Morgan fingerprint density at radius 3 is 2.45 bits per heavy atom. The van der Waals surface area contributed by atoms with Crippen molar-refractivity contribution in [2.24, 2.45) is 0 Å². The van der Waals surface area contributed by atoms with Gasteiger partial charge in [0, 0.05) is 4.88 Å². The number of para-hydroxylation sites is 2. The third kappa shape index (κ3) is 3.64. The first-order valence-corrected chi connectivity index (χ1v) is 9.75. The Morgan fingerprint density at radius 2 is 1.76 bits per heavy atom. The van der Waals surface area contributed by atoms with E-state index in [4.69, 9.17) is 4.74 Å². The van der Waals surface area contributed by atoms with E-state index in [2.05, 4.69) is 5.32 Å². The summed E-state index contributed by atoms with van der Waals surface area (Å²) in [6, 6.07) is 16.5. The fraction of sp³-hybridized carbons (Fsp3) is 0.0909. The third-order valence-electron chi connectivity index (χ3n) is 4.56. The Balaban J connectivity index is 1.72. The first kappa shape index (κ1) is 18.9. The number of thiophene rings is 1. The fourth-order valence-corrected chi connectivity index (χ4v) is 3.91. The van der Waals surface area contributed by atoms with Crippen LogP contribution in [0.1, 0.15) is 10.4 Å². The summed E-state index contributed by atoms with van der Waals surface area (Å²) in [7, 11) is 1.54. The number of nitrogens with zero attached hydrogens (tertiary/aromatic N) is 1. The van der Waals surface area contributed by atoms with Crippen LogP contribution in [0.4, 0.5) is 10.1 Å². The van der Waals surface area contributed by atoms with Crippen molar-refractivity contribution < 1.29 is 18.7 Å². The average Bonchev–Trinajstić information content (AvgIpc) is 3.33. The fourth-order valence-electron chi connectivity index (χ4n) is 3.14. The van der Waals surface area contributed by atoms with Crippen molar-refractivity contribution in [2.45, 2.75) is 6.54 Å². The molecule has 2 heterocycles. The Bertz CT molecular complexity index is 1090. The molecule has 0 spiro atoms. The number of anilines is 1. The molecule has 1 N–H and O–H groups in total. The molecule has 1 aliphatic heterocycles. The molecule has 0 atom stereocenters. The van der Waals surface area contributed by atoms with Gasteiger partial charge in [-0.1, -0.05) is 30.3 Å². The Hall–Kier alpha value is -3.45. The maximum absolute atomic E-state index is 13.2. The average molecular weight is 408 g/mol. The second-order valence-electron chi connectivity index (χ2n) is 6.38. The lowest BCUT2D eigenvalue weighted by molar-refractivity contribution is -0.137. The zero-order valence-corrected chi connectivity index (χ0v) is 16.3. The normalized spacial score (nSPS) is 13.9. The molecule has 0 unspecified atom stereocenters. The van der Waals surface area contributed by atoms with Crippen molar-refractivity contribution in [2.75, 3.05) is 12.4 Å². The number of amides is 2. The van der Waals surface area contributed by atoms with Crippen LogP contribution in [0.3, 0.4) is 0 Å². The molecule has 2 aromatic carbocycles. The van der Waals surface area contributed by atoms with E-state index in [1.165, 1.54) is 35.5 Å². The highest BCUT2D eigenvalue weighted by Crippen LogP contribution is 2.35. The van der Waals surface area contributed by atoms with Crippen LogP contribution in [0.15, 0.2) is 71.7 Å². The van der Waals surface area contributed by atoms with Gasteiger partial charge < -0.3 is 10.1 Å². The van der Waals surface area contributed by atoms with E-state index in [1.54, 1.807) is 30.3 Å². The number of benzene rings is 2. The summed E-state index contributed by atoms with van der Waals surface area (Å²) < 4.78 is 18.6. The molecule has 1 aromatic heterocycles. The van der Waals surface area contributed by atoms with Gasteiger partial charge in [0.05, 0.1) is 24.9 Å². The number of halogens is 1. The molecule has 0 bridgehead atoms. The molecule has 4 rings (SSSR count). The first-order valence-electron chi connectivity index (χ1n) is 8.87. The van der Waals surface area contributed by atoms with Crippen LogP contribution in [0.5, 0.6) is 5.75 Å². The Labute approximate surface area is 171 Å². The molecule has 0 radical (unpaired) electrons. The maximum atomic E-state index is 13.2. The predicted molar refractivity (Wildman–Crippen MR) is 110 cm³/mol. The summed E-state index contributed by atoms with van der Waals surface area (Å²) in [5.41, 5.74) is 1.77. The topological polar surface area (TPSA) is 58.6 Å². The standard InChI is InChI=1S/C22H17FN2O3S/c1-28-17-6-3-2-5-16(17)24-20-19(18-7-4-12-29-18)21(26)25(22(20)27)13-14-8-10-15(23)11-9-14/h2-12,24H,13H2,1H3. The number of hydrogen-bond donors (Lipinski definition) is 1. The number of hydrogen-bond acceptors (Lipinski definition) is 5. The van der Waals surface area contributed by atoms with Crippen molar-refractivity contribution in [1.82, 2.24) is 4.90 Å². The zero-order valence-electron chi connectivity index (χ0n) is 15.5. The molecule has 5 nitrogen and oxygen atoms in total. The molecule has 0 fully saturated rings. The minimum Gasteiger partial charge on any atom is -0.495 e. The molecule has 2 amide bonds. The van der Waals surface area contributed by atoms with Gasteiger partial charge in [0.15, 0.2) is 0 Å². The van der Waals surface area contributed by atoms with Gasteiger partial charge in [-0.25, -0.2) is 4.39 Å². The maximum Gasteiger partial charge on any atom is 0.278 e. The Kier molecular flexibility index (Phi) is 5.14. The minimum absolute atomic E-state index is 0.0595. The second kappa shape index (κ2) is 7.89. The van der Waals surface area contributed by atoms with Crippen LogP contribution in [-0.4, -0.2) is 23.8 Å². The number of methoxy groups -OCH3 is 1. The first-order chi connectivity index (χ1) is 14.1. The van der Waals surface area contributed by atoms with E-state index < -0.39 is 5.91 Å². The van der Waals surface area contributed by atoms with Crippen LogP contribution in [-0.2, 0) is 16.1 Å². The number of rotatable bonds is 6. The van der Waals surface area contributed by atoms with Crippen molar-refractivity contribution in [3.05, 3.63) is 88.0 Å². The van der Waals surface area contributed by atoms with Gasteiger partial charge >= 0.3 is 0 Å². The molecule has 0 saturated carbocycles. The second-order valence-corrected chi connectivity index (χ2v) is 7.32.